The lowest BCUT2D eigenvalue weighted by Crippen LogP contribution is -2.24. The third kappa shape index (κ3) is 2.49. The highest BCUT2D eigenvalue weighted by atomic mass is 79.9. The Kier molecular flexibility index (Phi) is 4.23. The molecule has 1 aliphatic rings. The van der Waals surface area contributed by atoms with E-state index >= 15 is 0 Å². The van der Waals surface area contributed by atoms with Crippen LogP contribution in [-0.2, 0) is 16.6 Å². The van der Waals surface area contributed by atoms with Gasteiger partial charge in [0.05, 0.1) is 11.1 Å². The molecule has 1 aliphatic heterocycles. The summed E-state index contributed by atoms with van der Waals surface area (Å²) in [7, 11) is 3.56. The number of imide groups is 1. The Balaban J connectivity index is 2.41. The van der Waals surface area contributed by atoms with Crippen molar-refractivity contribution < 1.29 is 9.59 Å². The van der Waals surface area contributed by atoms with Crippen molar-refractivity contribution in [1.82, 2.24) is 9.47 Å². The van der Waals surface area contributed by atoms with Gasteiger partial charge < -0.3 is 4.57 Å². The highest BCUT2D eigenvalue weighted by Gasteiger charge is 2.38. The fourth-order valence-electron chi connectivity index (χ4n) is 3.59. The molecule has 0 aliphatic carbocycles. The molecule has 0 bridgehead atoms. The Bertz CT molecular complexity index is 1000. The van der Waals surface area contributed by atoms with Crippen LogP contribution in [0.1, 0.15) is 32.0 Å². The molecule has 2 aromatic rings. The summed E-state index contributed by atoms with van der Waals surface area (Å²) >= 11 is 3.52. The SMILES string of the molecule is CC(C)=C1C(=O)N(C)C(=O)/C1=C(\C)c1c(C)n(C)c2cc(Br)ccc12. The number of likely N-dealkylation sites (N-methyl/N-ethyl adjacent to an activating group) is 1. The van der Waals surface area contributed by atoms with E-state index in [2.05, 4.69) is 32.6 Å². The molecule has 0 spiro atoms. The summed E-state index contributed by atoms with van der Waals surface area (Å²) < 4.78 is 3.13. The lowest BCUT2D eigenvalue weighted by Gasteiger charge is -2.08. The minimum atomic E-state index is -0.229. The van der Waals surface area contributed by atoms with Gasteiger partial charge in [-0.25, -0.2) is 0 Å². The van der Waals surface area contributed by atoms with Crippen molar-refractivity contribution in [2.24, 2.45) is 7.05 Å². The molecule has 2 heterocycles. The Hall–Kier alpha value is -2.14. The molecule has 5 heteroatoms. The Morgan fingerprint density at radius 1 is 1.00 bits per heavy atom. The molecular formula is C20H21BrN2O2. The predicted molar refractivity (Wildman–Crippen MR) is 104 cm³/mol. The highest BCUT2D eigenvalue weighted by Crippen LogP contribution is 2.38. The van der Waals surface area contributed by atoms with E-state index in [-0.39, 0.29) is 11.8 Å². The standard InChI is InChI=1S/C20H21BrN2O2/c1-10(2)16-18(20(25)23(6)19(16)24)11(3)17-12(4)22(5)15-9-13(21)7-8-14(15)17/h7-9H,1-6H3/b18-11+. The van der Waals surface area contributed by atoms with Crippen LogP contribution in [0.3, 0.4) is 0 Å². The van der Waals surface area contributed by atoms with Crippen LogP contribution in [0.15, 0.2) is 39.4 Å². The maximum atomic E-state index is 12.8. The normalized spacial score (nSPS) is 17.1. The smallest absolute Gasteiger partial charge is 0.261 e. The number of amides is 2. The maximum Gasteiger partial charge on any atom is 0.261 e. The third-order valence-corrected chi connectivity index (χ3v) is 5.49. The Morgan fingerprint density at radius 2 is 1.60 bits per heavy atom. The molecule has 4 nitrogen and oxygen atoms in total. The molecule has 0 radical (unpaired) electrons. The fraction of sp³-hybridized carbons (Fsp3) is 0.300. The van der Waals surface area contributed by atoms with Gasteiger partial charge in [-0.3, -0.25) is 14.5 Å². The molecule has 3 rings (SSSR count). The van der Waals surface area contributed by atoms with Gasteiger partial charge >= 0.3 is 0 Å². The van der Waals surface area contributed by atoms with Crippen molar-refractivity contribution in [2.45, 2.75) is 27.7 Å². The quantitative estimate of drug-likeness (QED) is 0.527. The highest BCUT2D eigenvalue weighted by molar-refractivity contribution is 9.10. The van der Waals surface area contributed by atoms with E-state index in [0.717, 1.165) is 37.8 Å². The Labute approximate surface area is 155 Å². The number of benzene rings is 1. The van der Waals surface area contributed by atoms with Crippen LogP contribution in [0, 0.1) is 6.92 Å². The van der Waals surface area contributed by atoms with Crippen molar-refractivity contribution >= 4 is 44.2 Å². The summed E-state index contributed by atoms with van der Waals surface area (Å²) in [6.45, 7) is 7.73. The van der Waals surface area contributed by atoms with Crippen LogP contribution in [0.2, 0.25) is 0 Å². The molecule has 1 saturated heterocycles. The van der Waals surface area contributed by atoms with Crippen LogP contribution >= 0.6 is 15.9 Å². The molecular weight excluding hydrogens is 380 g/mol. The summed E-state index contributed by atoms with van der Waals surface area (Å²) in [6, 6.07) is 6.12. The average molecular weight is 401 g/mol. The van der Waals surface area contributed by atoms with Crippen molar-refractivity contribution in [3.63, 3.8) is 0 Å². The fourth-order valence-corrected chi connectivity index (χ4v) is 3.94. The van der Waals surface area contributed by atoms with Gasteiger partial charge in [0.1, 0.15) is 0 Å². The first-order valence-electron chi connectivity index (χ1n) is 8.12. The number of carbonyl (C=O) groups excluding carboxylic acids is 2. The second-order valence-corrected chi connectivity index (χ2v) is 7.64. The molecule has 130 valence electrons. The van der Waals surface area contributed by atoms with Crippen LogP contribution in [0.4, 0.5) is 0 Å². The van der Waals surface area contributed by atoms with Gasteiger partial charge in [0.2, 0.25) is 0 Å². The molecule has 0 N–H and O–H groups in total. The summed E-state index contributed by atoms with van der Waals surface area (Å²) in [4.78, 5) is 26.5. The van der Waals surface area contributed by atoms with E-state index < -0.39 is 0 Å². The molecule has 0 unspecified atom stereocenters. The number of hydrogen-bond acceptors (Lipinski definition) is 2. The van der Waals surface area contributed by atoms with Crippen molar-refractivity contribution in [2.75, 3.05) is 7.05 Å². The molecule has 25 heavy (non-hydrogen) atoms. The van der Waals surface area contributed by atoms with Crippen LogP contribution < -0.4 is 0 Å². The van der Waals surface area contributed by atoms with Crippen LogP contribution in [-0.4, -0.2) is 28.3 Å². The average Bonchev–Trinajstić information content (AvgIpc) is 2.93. The third-order valence-electron chi connectivity index (χ3n) is 4.99. The lowest BCUT2D eigenvalue weighted by molar-refractivity contribution is -0.134. The van der Waals surface area contributed by atoms with E-state index in [1.54, 1.807) is 7.05 Å². The first-order chi connectivity index (χ1) is 11.7. The molecule has 1 aromatic heterocycles. The number of fused-ring (bicyclic) bond motifs is 1. The Morgan fingerprint density at radius 3 is 2.20 bits per heavy atom. The zero-order chi connectivity index (χ0) is 18.6. The number of likely N-dealkylation sites (tertiary alicyclic amines) is 1. The second-order valence-electron chi connectivity index (χ2n) is 6.73. The number of aryl methyl sites for hydroxylation is 1. The first kappa shape index (κ1) is 17.7. The van der Waals surface area contributed by atoms with Crippen molar-refractivity contribution in [3.05, 3.63) is 50.6 Å². The van der Waals surface area contributed by atoms with E-state index in [9.17, 15) is 9.59 Å². The number of rotatable bonds is 1. The predicted octanol–water partition coefficient (Wildman–Crippen LogP) is 4.36. The zero-order valence-corrected chi connectivity index (χ0v) is 16.9. The van der Waals surface area contributed by atoms with Crippen molar-refractivity contribution in [3.8, 4) is 0 Å². The summed E-state index contributed by atoms with van der Waals surface area (Å²) in [5.74, 6) is -0.452. The number of allylic oxidation sites excluding steroid dienone is 2. The summed E-state index contributed by atoms with van der Waals surface area (Å²) in [5, 5.41) is 1.08. The minimum Gasteiger partial charge on any atom is -0.347 e. The van der Waals surface area contributed by atoms with Gasteiger partial charge in [0.15, 0.2) is 0 Å². The molecule has 2 amide bonds. The van der Waals surface area contributed by atoms with Crippen molar-refractivity contribution in [1.29, 1.82) is 0 Å². The number of halogens is 1. The van der Waals surface area contributed by atoms with Gasteiger partial charge in [-0.1, -0.05) is 27.6 Å². The van der Waals surface area contributed by atoms with E-state index in [1.807, 2.05) is 40.8 Å². The number of nitrogens with zero attached hydrogens (tertiary/aromatic N) is 2. The number of hydrogen-bond donors (Lipinski definition) is 0. The van der Waals surface area contributed by atoms with E-state index in [0.29, 0.717) is 11.1 Å². The monoisotopic (exact) mass is 400 g/mol. The van der Waals surface area contributed by atoms with Gasteiger partial charge in [-0.2, -0.15) is 0 Å². The molecule has 1 fully saturated rings. The van der Waals surface area contributed by atoms with Gasteiger partial charge in [-0.05, 0) is 45.4 Å². The topological polar surface area (TPSA) is 42.3 Å². The largest absolute Gasteiger partial charge is 0.347 e. The zero-order valence-electron chi connectivity index (χ0n) is 15.3. The van der Waals surface area contributed by atoms with Gasteiger partial charge in [-0.15, -0.1) is 0 Å². The van der Waals surface area contributed by atoms with E-state index in [1.165, 1.54) is 4.90 Å². The van der Waals surface area contributed by atoms with Crippen LogP contribution in [0.25, 0.3) is 16.5 Å². The lowest BCUT2D eigenvalue weighted by atomic mass is 9.93. The van der Waals surface area contributed by atoms with E-state index in [4.69, 9.17) is 0 Å². The summed E-state index contributed by atoms with van der Waals surface area (Å²) in [5.41, 5.74) is 5.94. The summed E-state index contributed by atoms with van der Waals surface area (Å²) in [6.07, 6.45) is 0. The molecule has 0 atom stereocenters. The first-order valence-corrected chi connectivity index (χ1v) is 8.92. The number of aromatic nitrogens is 1. The minimum absolute atomic E-state index is 0.222. The number of carbonyl (C=O) groups is 2. The second kappa shape index (κ2) is 5.99. The molecule has 0 saturated carbocycles. The van der Waals surface area contributed by atoms with Gasteiger partial charge in [0.25, 0.3) is 11.8 Å². The molecule has 1 aromatic carbocycles. The van der Waals surface area contributed by atoms with Crippen LogP contribution in [0.5, 0.6) is 0 Å². The maximum absolute atomic E-state index is 12.8. The van der Waals surface area contributed by atoms with Gasteiger partial charge in [0, 0.05) is 40.7 Å².